The Morgan fingerprint density at radius 3 is 2.94 bits per heavy atom. The molecule has 2 N–H and O–H groups in total. The van der Waals surface area contributed by atoms with E-state index in [0.29, 0.717) is 5.75 Å². The summed E-state index contributed by atoms with van der Waals surface area (Å²) in [4.78, 5) is 4.47. The Hall–Kier alpha value is -1.87. The van der Waals surface area contributed by atoms with Crippen molar-refractivity contribution in [2.24, 2.45) is 0 Å². The maximum Gasteiger partial charge on any atom is 0.115 e. The largest absolute Gasteiger partial charge is 0.508 e. The number of phenolic OH excluding ortho intramolecular Hbond substituents is 1. The van der Waals surface area contributed by atoms with E-state index < -0.39 is 0 Å². The van der Waals surface area contributed by atoms with E-state index in [1.165, 1.54) is 11.1 Å². The van der Waals surface area contributed by atoms with E-state index >= 15 is 0 Å². The summed E-state index contributed by atoms with van der Waals surface area (Å²) < 4.78 is 0. The summed E-state index contributed by atoms with van der Waals surface area (Å²) in [6.45, 7) is 3.04. The highest BCUT2D eigenvalue weighted by molar-refractivity contribution is 5.45. The molecule has 0 aliphatic carbocycles. The van der Waals surface area contributed by atoms with Crippen LogP contribution in [0.2, 0.25) is 0 Å². The van der Waals surface area contributed by atoms with Gasteiger partial charge < -0.3 is 10.4 Å². The Bertz CT molecular complexity index is 568. The number of nitrogens with one attached hydrogen (secondary N) is 1. The first-order valence-corrected chi connectivity index (χ1v) is 6.19. The number of fused-ring (bicyclic) bond motifs is 1. The van der Waals surface area contributed by atoms with E-state index in [2.05, 4.69) is 17.2 Å². The van der Waals surface area contributed by atoms with Crippen LogP contribution in [0.25, 0.3) is 0 Å². The lowest BCUT2D eigenvalue weighted by Crippen LogP contribution is -2.46. The quantitative estimate of drug-likeness (QED) is 0.803. The van der Waals surface area contributed by atoms with Gasteiger partial charge in [-0.1, -0.05) is 12.1 Å². The molecule has 18 heavy (non-hydrogen) atoms. The molecule has 1 aliphatic rings. The topological polar surface area (TPSA) is 45.2 Å². The van der Waals surface area contributed by atoms with Crippen molar-refractivity contribution in [3.05, 3.63) is 59.4 Å². The molecular weight excluding hydrogens is 224 g/mol. The van der Waals surface area contributed by atoms with Crippen LogP contribution in [0.5, 0.6) is 5.75 Å². The van der Waals surface area contributed by atoms with Crippen molar-refractivity contribution in [1.29, 1.82) is 0 Å². The molecule has 1 unspecified atom stereocenters. The monoisotopic (exact) mass is 240 g/mol. The SMILES string of the molecule is CC1(c2ccccn2)NCCc2cc(O)ccc21. The minimum Gasteiger partial charge on any atom is -0.508 e. The van der Waals surface area contributed by atoms with Crippen LogP contribution in [0.3, 0.4) is 0 Å². The third-order valence-electron chi connectivity index (χ3n) is 3.68. The molecule has 92 valence electrons. The average molecular weight is 240 g/mol. The van der Waals surface area contributed by atoms with Gasteiger partial charge in [-0.3, -0.25) is 4.98 Å². The number of phenols is 1. The second-order valence-electron chi connectivity index (χ2n) is 4.86. The molecule has 0 radical (unpaired) electrons. The van der Waals surface area contributed by atoms with Crippen LogP contribution < -0.4 is 5.32 Å². The van der Waals surface area contributed by atoms with Gasteiger partial charge in [0.25, 0.3) is 0 Å². The Morgan fingerprint density at radius 2 is 2.17 bits per heavy atom. The molecule has 1 aromatic heterocycles. The lowest BCUT2D eigenvalue weighted by atomic mass is 9.81. The van der Waals surface area contributed by atoms with Crippen LogP contribution >= 0.6 is 0 Å². The van der Waals surface area contributed by atoms with E-state index in [1.807, 2.05) is 36.5 Å². The van der Waals surface area contributed by atoms with E-state index in [4.69, 9.17) is 0 Å². The predicted molar refractivity (Wildman–Crippen MR) is 70.5 cm³/mol. The highest BCUT2D eigenvalue weighted by atomic mass is 16.3. The van der Waals surface area contributed by atoms with Crippen molar-refractivity contribution in [2.45, 2.75) is 18.9 Å². The van der Waals surface area contributed by atoms with Gasteiger partial charge in [-0.05, 0) is 48.7 Å². The van der Waals surface area contributed by atoms with Gasteiger partial charge in [-0.2, -0.15) is 0 Å². The number of aromatic hydroxyl groups is 1. The summed E-state index contributed by atoms with van der Waals surface area (Å²) in [6, 6.07) is 11.6. The molecule has 3 rings (SSSR count). The number of aromatic nitrogens is 1. The van der Waals surface area contributed by atoms with Gasteiger partial charge in [-0.15, -0.1) is 0 Å². The molecule has 0 fully saturated rings. The molecule has 0 bridgehead atoms. The van der Waals surface area contributed by atoms with E-state index in [0.717, 1.165) is 18.7 Å². The van der Waals surface area contributed by atoms with Crippen LogP contribution in [0.15, 0.2) is 42.6 Å². The van der Waals surface area contributed by atoms with Crippen molar-refractivity contribution < 1.29 is 5.11 Å². The highest BCUT2D eigenvalue weighted by Crippen LogP contribution is 2.34. The third kappa shape index (κ3) is 1.68. The fraction of sp³-hybridized carbons (Fsp3) is 0.267. The smallest absolute Gasteiger partial charge is 0.115 e. The number of hydrogen-bond acceptors (Lipinski definition) is 3. The molecule has 1 atom stereocenters. The molecule has 2 heterocycles. The summed E-state index contributed by atoms with van der Waals surface area (Å²) in [7, 11) is 0. The lowest BCUT2D eigenvalue weighted by Gasteiger charge is -2.36. The molecular formula is C15H16N2O. The van der Waals surface area contributed by atoms with Crippen molar-refractivity contribution >= 4 is 0 Å². The molecule has 3 nitrogen and oxygen atoms in total. The van der Waals surface area contributed by atoms with Gasteiger partial charge in [0.15, 0.2) is 0 Å². The van der Waals surface area contributed by atoms with Crippen LogP contribution in [0.1, 0.15) is 23.7 Å². The van der Waals surface area contributed by atoms with Gasteiger partial charge >= 0.3 is 0 Å². The first-order chi connectivity index (χ1) is 8.70. The first kappa shape index (κ1) is 11.2. The molecule has 0 spiro atoms. The molecule has 0 saturated heterocycles. The van der Waals surface area contributed by atoms with Crippen LogP contribution in [-0.2, 0) is 12.0 Å². The number of rotatable bonds is 1. The Balaban J connectivity index is 2.16. The van der Waals surface area contributed by atoms with Gasteiger partial charge in [0, 0.05) is 12.7 Å². The summed E-state index contributed by atoms with van der Waals surface area (Å²) >= 11 is 0. The highest BCUT2D eigenvalue weighted by Gasteiger charge is 2.34. The minimum absolute atomic E-state index is 0.275. The summed E-state index contributed by atoms with van der Waals surface area (Å²) in [5.41, 5.74) is 3.13. The van der Waals surface area contributed by atoms with Gasteiger partial charge in [0.1, 0.15) is 5.75 Å². The average Bonchev–Trinajstić information content (AvgIpc) is 2.40. The maximum atomic E-state index is 9.59. The Labute approximate surface area is 107 Å². The van der Waals surface area contributed by atoms with E-state index in [-0.39, 0.29) is 5.54 Å². The van der Waals surface area contributed by atoms with Crippen LogP contribution in [0.4, 0.5) is 0 Å². The number of hydrogen-bond donors (Lipinski definition) is 2. The minimum atomic E-state index is -0.275. The number of pyridine rings is 1. The summed E-state index contributed by atoms with van der Waals surface area (Å²) in [6.07, 6.45) is 2.75. The third-order valence-corrected chi connectivity index (χ3v) is 3.68. The number of nitrogens with zero attached hydrogens (tertiary/aromatic N) is 1. The fourth-order valence-corrected chi connectivity index (χ4v) is 2.70. The van der Waals surface area contributed by atoms with Gasteiger partial charge in [0.05, 0.1) is 11.2 Å². The van der Waals surface area contributed by atoms with Crippen LogP contribution in [-0.4, -0.2) is 16.6 Å². The first-order valence-electron chi connectivity index (χ1n) is 6.19. The van der Waals surface area contributed by atoms with Gasteiger partial charge in [-0.25, -0.2) is 0 Å². The Kier molecular flexibility index (Phi) is 2.56. The second-order valence-corrected chi connectivity index (χ2v) is 4.86. The zero-order chi connectivity index (χ0) is 12.6. The Morgan fingerprint density at radius 1 is 1.28 bits per heavy atom. The zero-order valence-electron chi connectivity index (χ0n) is 10.4. The second kappa shape index (κ2) is 4.10. The van der Waals surface area contributed by atoms with Crippen LogP contribution in [0, 0.1) is 0 Å². The molecule has 0 amide bonds. The zero-order valence-corrected chi connectivity index (χ0v) is 10.4. The number of benzene rings is 1. The standard InChI is InChI=1S/C15H16N2O/c1-15(14-4-2-3-8-16-14)13-6-5-12(18)10-11(13)7-9-17-15/h2-6,8,10,17-18H,7,9H2,1H3. The molecule has 1 aliphatic heterocycles. The molecule has 0 saturated carbocycles. The fourth-order valence-electron chi connectivity index (χ4n) is 2.70. The summed E-state index contributed by atoms with van der Waals surface area (Å²) in [5, 5.41) is 13.1. The lowest BCUT2D eigenvalue weighted by molar-refractivity contribution is 0.401. The maximum absolute atomic E-state index is 9.59. The predicted octanol–water partition coefficient (Wildman–Crippen LogP) is 2.20. The normalized spacial score (nSPS) is 22.5. The molecule has 2 aromatic rings. The van der Waals surface area contributed by atoms with Crippen molar-refractivity contribution in [3.8, 4) is 5.75 Å². The summed E-state index contributed by atoms with van der Waals surface area (Å²) in [5.74, 6) is 0.332. The van der Waals surface area contributed by atoms with Gasteiger partial charge in [0.2, 0.25) is 0 Å². The molecule has 3 heteroatoms. The van der Waals surface area contributed by atoms with Crippen molar-refractivity contribution in [2.75, 3.05) is 6.54 Å². The van der Waals surface area contributed by atoms with E-state index in [1.54, 1.807) is 6.07 Å². The van der Waals surface area contributed by atoms with E-state index in [9.17, 15) is 5.11 Å². The molecule has 1 aromatic carbocycles. The van der Waals surface area contributed by atoms with Crippen molar-refractivity contribution in [1.82, 2.24) is 10.3 Å². The van der Waals surface area contributed by atoms with Crippen molar-refractivity contribution in [3.63, 3.8) is 0 Å².